The fourth-order valence-electron chi connectivity index (χ4n) is 1.52. The highest BCUT2D eigenvalue weighted by atomic mass is 16.7. The lowest BCUT2D eigenvalue weighted by Crippen LogP contribution is -2.33. The maximum Gasteiger partial charge on any atom is 0.185 e. The van der Waals surface area contributed by atoms with Crippen molar-refractivity contribution in [1.29, 1.82) is 0 Å². The van der Waals surface area contributed by atoms with Crippen LogP contribution in [-0.2, 0) is 9.47 Å². The molecule has 2 heteroatoms. The third-order valence-electron chi connectivity index (χ3n) is 3.63. The van der Waals surface area contributed by atoms with Gasteiger partial charge in [-0.25, -0.2) is 0 Å². The minimum atomic E-state index is -0.314. The zero-order chi connectivity index (χ0) is 14.5. The maximum absolute atomic E-state index is 6.19. The van der Waals surface area contributed by atoms with Gasteiger partial charge in [0, 0.05) is 5.56 Å². The van der Waals surface area contributed by atoms with Gasteiger partial charge in [-0.2, -0.15) is 0 Å². The van der Waals surface area contributed by atoms with E-state index in [1.165, 1.54) is 0 Å². The Morgan fingerprint density at radius 2 is 1.26 bits per heavy atom. The molecular formula is C17H28O2. The summed E-state index contributed by atoms with van der Waals surface area (Å²) in [6.07, 6.45) is 1.59. The van der Waals surface area contributed by atoms with Gasteiger partial charge in [0.15, 0.2) is 6.29 Å². The molecule has 0 aromatic heterocycles. The van der Waals surface area contributed by atoms with Gasteiger partial charge in [0.2, 0.25) is 0 Å². The Morgan fingerprint density at radius 1 is 0.842 bits per heavy atom. The number of hydrogen-bond acceptors (Lipinski definition) is 2. The molecule has 0 saturated carbocycles. The van der Waals surface area contributed by atoms with Gasteiger partial charge in [-0.05, 0) is 40.5 Å². The number of ether oxygens (including phenoxy) is 2. The molecule has 19 heavy (non-hydrogen) atoms. The SMILES string of the molecule is CCC(C)(C)OC(OC(C)(C)CC)c1ccccc1. The molecule has 0 aliphatic carbocycles. The van der Waals surface area contributed by atoms with Gasteiger partial charge in [0.1, 0.15) is 0 Å². The van der Waals surface area contributed by atoms with Crippen molar-refractivity contribution in [3.05, 3.63) is 35.9 Å². The summed E-state index contributed by atoms with van der Waals surface area (Å²) >= 11 is 0. The van der Waals surface area contributed by atoms with Gasteiger partial charge in [0.05, 0.1) is 11.2 Å². The summed E-state index contributed by atoms with van der Waals surface area (Å²) < 4.78 is 12.4. The van der Waals surface area contributed by atoms with E-state index in [9.17, 15) is 0 Å². The summed E-state index contributed by atoms with van der Waals surface area (Å²) in [5, 5.41) is 0. The molecular weight excluding hydrogens is 236 g/mol. The molecule has 0 saturated heterocycles. The zero-order valence-corrected chi connectivity index (χ0v) is 13.2. The summed E-state index contributed by atoms with van der Waals surface area (Å²) in [5.41, 5.74) is 0.694. The van der Waals surface area contributed by atoms with Crippen LogP contribution in [0, 0.1) is 0 Å². The lowest BCUT2D eigenvalue weighted by Gasteiger charge is -2.35. The molecule has 2 nitrogen and oxygen atoms in total. The highest BCUT2D eigenvalue weighted by molar-refractivity contribution is 5.16. The van der Waals surface area contributed by atoms with E-state index < -0.39 is 0 Å². The molecule has 108 valence electrons. The normalized spacial score (nSPS) is 13.0. The van der Waals surface area contributed by atoms with Crippen LogP contribution in [0.15, 0.2) is 30.3 Å². The first kappa shape index (κ1) is 16.2. The number of benzene rings is 1. The maximum atomic E-state index is 6.19. The van der Waals surface area contributed by atoms with E-state index in [4.69, 9.17) is 9.47 Å². The van der Waals surface area contributed by atoms with Crippen molar-refractivity contribution >= 4 is 0 Å². The van der Waals surface area contributed by atoms with Crippen molar-refractivity contribution in [2.24, 2.45) is 0 Å². The fourth-order valence-corrected chi connectivity index (χ4v) is 1.52. The Labute approximate surface area is 118 Å². The fraction of sp³-hybridized carbons (Fsp3) is 0.647. The van der Waals surface area contributed by atoms with E-state index in [1.54, 1.807) is 0 Å². The monoisotopic (exact) mass is 264 g/mol. The Bertz CT molecular complexity index is 350. The average Bonchev–Trinajstić information content (AvgIpc) is 2.38. The van der Waals surface area contributed by atoms with Gasteiger partial charge in [-0.1, -0.05) is 44.2 Å². The highest BCUT2D eigenvalue weighted by Gasteiger charge is 2.28. The van der Waals surface area contributed by atoms with Crippen LogP contribution in [0.25, 0.3) is 0 Å². The van der Waals surface area contributed by atoms with E-state index in [0.717, 1.165) is 18.4 Å². The van der Waals surface area contributed by atoms with Crippen LogP contribution in [0.4, 0.5) is 0 Å². The highest BCUT2D eigenvalue weighted by Crippen LogP contribution is 2.32. The van der Waals surface area contributed by atoms with Crippen molar-refractivity contribution in [1.82, 2.24) is 0 Å². The largest absolute Gasteiger partial charge is 0.342 e. The third-order valence-corrected chi connectivity index (χ3v) is 3.63. The Balaban J connectivity index is 2.92. The Kier molecular flexibility index (Phi) is 5.57. The van der Waals surface area contributed by atoms with Gasteiger partial charge < -0.3 is 9.47 Å². The standard InChI is InChI=1S/C17H28O2/c1-7-16(3,4)18-15(19-17(5,6)8-2)14-12-10-9-11-13-14/h9-13,15H,7-8H2,1-6H3. The van der Waals surface area contributed by atoms with Crippen molar-refractivity contribution in [2.75, 3.05) is 0 Å². The van der Waals surface area contributed by atoms with Crippen LogP contribution in [-0.4, -0.2) is 11.2 Å². The van der Waals surface area contributed by atoms with Crippen LogP contribution >= 0.6 is 0 Å². The minimum absolute atomic E-state index is 0.190. The lowest BCUT2D eigenvalue weighted by atomic mass is 10.1. The van der Waals surface area contributed by atoms with Crippen molar-refractivity contribution < 1.29 is 9.47 Å². The van der Waals surface area contributed by atoms with Crippen LogP contribution in [0.3, 0.4) is 0 Å². The van der Waals surface area contributed by atoms with Crippen molar-refractivity contribution in [3.63, 3.8) is 0 Å². The lowest BCUT2D eigenvalue weighted by molar-refractivity contribution is -0.248. The van der Waals surface area contributed by atoms with Crippen LogP contribution in [0.1, 0.15) is 66.2 Å². The number of rotatable bonds is 7. The van der Waals surface area contributed by atoms with E-state index in [1.807, 2.05) is 18.2 Å². The van der Waals surface area contributed by atoms with Gasteiger partial charge >= 0.3 is 0 Å². The van der Waals surface area contributed by atoms with Gasteiger partial charge in [-0.15, -0.1) is 0 Å². The van der Waals surface area contributed by atoms with E-state index in [-0.39, 0.29) is 17.5 Å². The molecule has 0 N–H and O–H groups in total. The molecule has 0 spiro atoms. The summed E-state index contributed by atoms with van der Waals surface area (Å²) in [6, 6.07) is 10.2. The molecule has 1 rings (SSSR count). The molecule has 0 unspecified atom stereocenters. The zero-order valence-electron chi connectivity index (χ0n) is 13.2. The molecule has 0 heterocycles. The van der Waals surface area contributed by atoms with Crippen LogP contribution in [0.2, 0.25) is 0 Å². The average molecular weight is 264 g/mol. The van der Waals surface area contributed by atoms with Crippen molar-refractivity contribution in [2.45, 2.75) is 71.9 Å². The predicted octanol–water partition coefficient (Wildman–Crippen LogP) is 5.10. The summed E-state index contributed by atoms with van der Waals surface area (Å²) in [5.74, 6) is 0. The van der Waals surface area contributed by atoms with Crippen molar-refractivity contribution in [3.8, 4) is 0 Å². The van der Waals surface area contributed by atoms with E-state index in [2.05, 4.69) is 53.7 Å². The second-order valence-electron chi connectivity index (χ2n) is 6.20. The van der Waals surface area contributed by atoms with E-state index in [0.29, 0.717) is 0 Å². The number of hydrogen-bond donors (Lipinski definition) is 0. The first-order valence-corrected chi connectivity index (χ1v) is 7.20. The molecule has 1 aromatic rings. The summed E-state index contributed by atoms with van der Waals surface area (Å²) in [4.78, 5) is 0. The van der Waals surface area contributed by atoms with Crippen LogP contribution < -0.4 is 0 Å². The smallest absolute Gasteiger partial charge is 0.185 e. The van der Waals surface area contributed by atoms with Gasteiger partial charge in [0.25, 0.3) is 0 Å². The minimum Gasteiger partial charge on any atom is -0.342 e. The molecule has 0 aliphatic heterocycles. The quantitative estimate of drug-likeness (QED) is 0.638. The molecule has 0 fully saturated rings. The molecule has 1 aromatic carbocycles. The molecule has 0 amide bonds. The molecule has 0 radical (unpaired) electrons. The first-order valence-electron chi connectivity index (χ1n) is 7.20. The molecule has 0 atom stereocenters. The molecule has 0 aliphatic rings. The predicted molar refractivity (Wildman–Crippen MR) is 80.1 cm³/mol. The van der Waals surface area contributed by atoms with Gasteiger partial charge in [-0.3, -0.25) is 0 Å². The van der Waals surface area contributed by atoms with Crippen LogP contribution in [0.5, 0.6) is 0 Å². The third kappa shape index (κ3) is 5.33. The second kappa shape index (κ2) is 6.53. The first-order chi connectivity index (χ1) is 8.79. The Hall–Kier alpha value is -0.860. The summed E-state index contributed by atoms with van der Waals surface area (Å²) in [6.45, 7) is 12.7. The summed E-state index contributed by atoms with van der Waals surface area (Å²) in [7, 11) is 0. The molecule has 0 bridgehead atoms. The van der Waals surface area contributed by atoms with E-state index >= 15 is 0 Å². The topological polar surface area (TPSA) is 18.5 Å². The second-order valence-corrected chi connectivity index (χ2v) is 6.20. The Morgan fingerprint density at radius 3 is 1.63 bits per heavy atom.